The molecule has 3 aliphatic rings. The standard InChI is InChI=1S/C19H25N3O4S/c1-2-16(24)21-7-4-19(5-8-21)17-13(3-10-26-19)11-14(27-17)18(25)22-9-6-20-15(23)12-22/h11H,2-10,12H2,1H3,(H,20,23). The summed E-state index contributed by atoms with van der Waals surface area (Å²) in [6, 6.07) is 1.99. The Morgan fingerprint density at radius 1 is 1.26 bits per heavy atom. The Labute approximate surface area is 162 Å². The first-order chi connectivity index (χ1) is 13.0. The SMILES string of the molecule is CCC(=O)N1CCC2(CC1)OCCc1cc(C(=O)N3CCNC(=O)C3)sc12. The fourth-order valence-corrected chi connectivity index (χ4v) is 5.59. The van der Waals surface area contributed by atoms with Gasteiger partial charge in [0.1, 0.15) is 5.60 Å². The summed E-state index contributed by atoms with van der Waals surface area (Å²) in [6.07, 6.45) is 2.87. The summed E-state index contributed by atoms with van der Waals surface area (Å²) in [5.74, 6) is 0.00740. The van der Waals surface area contributed by atoms with Crippen LogP contribution in [0.25, 0.3) is 0 Å². The summed E-state index contributed by atoms with van der Waals surface area (Å²) in [5.41, 5.74) is 0.812. The number of carbonyl (C=O) groups is 3. The molecule has 2 fully saturated rings. The zero-order valence-electron chi connectivity index (χ0n) is 15.6. The highest BCUT2D eigenvalue weighted by Gasteiger charge is 2.43. The number of hydrogen-bond acceptors (Lipinski definition) is 5. The third-order valence-corrected chi connectivity index (χ3v) is 7.09. The molecular weight excluding hydrogens is 366 g/mol. The van der Waals surface area contributed by atoms with Gasteiger partial charge in [0.25, 0.3) is 5.91 Å². The predicted molar refractivity (Wildman–Crippen MR) is 101 cm³/mol. The number of hydrogen-bond donors (Lipinski definition) is 1. The molecule has 2 saturated heterocycles. The molecule has 3 aliphatic heterocycles. The van der Waals surface area contributed by atoms with Crippen molar-refractivity contribution >= 4 is 29.1 Å². The Kier molecular flexibility index (Phi) is 4.94. The summed E-state index contributed by atoms with van der Waals surface area (Å²) in [6.45, 7) is 5.09. The van der Waals surface area contributed by atoms with E-state index in [4.69, 9.17) is 4.74 Å². The Bertz CT molecular complexity index is 767. The summed E-state index contributed by atoms with van der Waals surface area (Å²) >= 11 is 1.51. The first-order valence-electron chi connectivity index (χ1n) is 9.63. The van der Waals surface area contributed by atoms with Crippen LogP contribution in [0.3, 0.4) is 0 Å². The van der Waals surface area contributed by atoms with Crippen molar-refractivity contribution in [3.63, 3.8) is 0 Å². The number of ether oxygens (including phenoxy) is 1. The van der Waals surface area contributed by atoms with E-state index in [0.29, 0.717) is 44.1 Å². The van der Waals surface area contributed by atoms with Gasteiger partial charge in [-0.2, -0.15) is 0 Å². The monoisotopic (exact) mass is 391 g/mol. The summed E-state index contributed by atoms with van der Waals surface area (Å²) in [4.78, 5) is 41.8. The molecule has 0 aliphatic carbocycles. The van der Waals surface area contributed by atoms with Gasteiger partial charge in [-0.25, -0.2) is 0 Å². The van der Waals surface area contributed by atoms with Crippen LogP contribution >= 0.6 is 11.3 Å². The Hall–Kier alpha value is -1.93. The zero-order chi connectivity index (χ0) is 19.0. The number of nitrogens with one attached hydrogen (secondary N) is 1. The molecule has 1 aromatic rings. The molecule has 0 atom stereocenters. The normalized spacial score (nSPS) is 21.7. The number of piperidine rings is 1. The van der Waals surface area contributed by atoms with Gasteiger partial charge in [-0.3, -0.25) is 14.4 Å². The van der Waals surface area contributed by atoms with Gasteiger partial charge in [-0.05, 0) is 30.9 Å². The van der Waals surface area contributed by atoms with Crippen LogP contribution in [0, 0.1) is 0 Å². The van der Waals surface area contributed by atoms with Gasteiger partial charge >= 0.3 is 0 Å². The fourth-order valence-electron chi connectivity index (χ4n) is 4.21. The van der Waals surface area contributed by atoms with Crippen LogP contribution in [0.1, 0.15) is 46.3 Å². The molecule has 1 aromatic heterocycles. The number of piperazine rings is 1. The number of amides is 3. The minimum atomic E-state index is -0.374. The molecule has 4 heterocycles. The number of nitrogens with zero attached hydrogens (tertiary/aromatic N) is 2. The maximum Gasteiger partial charge on any atom is 0.264 e. The molecule has 146 valence electrons. The molecule has 7 nitrogen and oxygen atoms in total. The summed E-state index contributed by atoms with van der Waals surface area (Å²) in [5, 5.41) is 2.75. The van der Waals surface area contributed by atoms with E-state index < -0.39 is 0 Å². The molecule has 0 bridgehead atoms. The number of likely N-dealkylation sites (tertiary alicyclic amines) is 1. The number of rotatable bonds is 2. The molecule has 3 amide bonds. The van der Waals surface area contributed by atoms with Crippen molar-refractivity contribution in [1.29, 1.82) is 0 Å². The van der Waals surface area contributed by atoms with Gasteiger partial charge in [0.05, 0.1) is 18.0 Å². The molecule has 0 unspecified atom stereocenters. The van der Waals surface area contributed by atoms with E-state index in [0.717, 1.165) is 24.1 Å². The maximum absolute atomic E-state index is 12.9. The third-order valence-electron chi connectivity index (χ3n) is 5.74. The first-order valence-corrected chi connectivity index (χ1v) is 10.4. The van der Waals surface area contributed by atoms with E-state index in [-0.39, 0.29) is 29.9 Å². The van der Waals surface area contributed by atoms with Gasteiger partial charge in [-0.1, -0.05) is 6.92 Å². The maximum atomic E-state index is 12.9. The average molecular weight is 391 g/mol. The van der Waals surface area contributed by atoms with E-state index in [1.54, 1.807) is 4.90 Å². The van der Waals surface area contributed by atoms with Crippen molar-refractivity contribution < 1.29 is 19.1 Å². The topological polar surface area (TPSA) is 79.0 Å². The van der Waals surface area contributed by atoms with Crippen LogP contribution in [-0.2, 0) is 26.3 Å². The minimum Gasteiger partial charge on any atom is -0.369 e. The van der Waals surface area contributed by atoms with Crippen molar-refractivity contribution in [2.75, 3.05) is 39.3 Å². The molecule has 1 N–H and O–H groups in total. The number of thiophene rings is 1. The fraction of sp³-hybridized carbons (Fsp3) is 0.632. The molecular formula is C19H25N3O4S. The summed E-state index contributed by atoms with van der Waals surface area (Å²) < 4.78 is 6.23. The van der Waals surface area contributed by atoms with Gasteiger partial charge in [0, 0.05) is 37.5 Å². The van der Waals surface area contributed by atoms with Crippen molar-refractivity contribution in [2.45, 2.75) is 38.2 Å². The highest BCUT2D eigenvalue weighted by atomic mass is 32.1. The molecule has 27 heavy (non-hydrogen) atoms. The highest BCUT2D eigenvalue weighted by molar-refractivity contribution is 7.14. The second-order valence-corrected chi connectivity index (χ2v) is 8.42. The van der Waals surface area contributed by atoms with E-state index >= 15 is 0 Å². The van der Waals surface area contributed by atoms with Crippen molar-refractivity contribution in [1.82, 2.24) is 15.1 Å². The lowest BCUT2D eigenvalue weighted by molar-refractivity contribution is -0.140. The summed E-state index contributed by atoms with van der Waals surface area (Å²) in [7, 11) is 0. The lowest BCUT2D eigenvalue weighted by atomic mass is 9.85. The van der Waals surface area contributed by atoms with Crippen molar-refractivity contribution in [2.24, 2.45) is 0 Å². The highest BCUT2D eigenvalue weighted by Crippen LogP contribution is 2.45. The zero-order valence-corrected chi connectivity index (χ0v) is 16.4. The molecule has 0 aromatic carbocycles. The molecule has 4 rings (SSSR count). The Morgan fingerprint density at radius 3 is 2.74 bits per heavy atom. The van der Waals surface area contributed by atoms with Crippen LogP contribution in [0.15, 0.2) is 6.07 Å². The average Bonchev–Trinajstić information content (AvgIpc) is 3.13. The van der Waals surface area contributed by atoms with E-state index in [1.165, 1.54) is 16.9 Å². The van der Waals surface area contributed by atoms with E-state index in [9.17, 15) is 14.4 Å². The van der Waals surface area contributed by atoms with Gasteiger partial charge in [0.2, 0.25) is 11.8 Å². The van der Waals surface area contributed by atoms with Crippen molar-refractivity contribution in [3.05, 3.63) is 21.4 Å². The molecule has 8 heteroatoms. The second-order valence-electron chi connectivity index (χ2n) is 7.37. The molecule has 1 spiro atoms. The smallest absolute Gasteiger partial charge is 0.264 e. The first kappa shape index (κ1) is 18.4. The predicted octanol–water partition coefficient (Wildman–Crippen LogP) is 1.12. The van der Waals surface area contributed by atoms with Gasteiger partial charge in [0.15, 0.2) is 0 Å². The van der Waals surface area contributed by atoms with Gasteiger partial charge < -0.3 is 19.9 Å². The van der Waals surface area contributed by atoms with Crippen molar-refractivity contribution in [3.8, 4) is 0 Å². The van der Waals surface area contributed by atoms with Crippen LogP contribution in [0.4, 0.5) is 0 Å². The molecule has 0 saturated carbocycles. The Morgan fingerprint density at radius 2 is 2.04 bits per heavy atom. The third kappa shape index (κ3) is 3.36. The lowest BCUT2D eigenvalue weighted by Gasteiger charge is -2.43. The van der Waals surface area contributed by atoms with Crippen LogP contribution in [0.5, 0.6) is 0 Å². The Balaban J connectivity index is 1.55. The quantitative estimate of drug-likeness (QED) is 0.820. The minimum absolute atomic E-state index is 0.0713. The largest absolute Gasteiger partial charge is 0.369 e. The number of fused-ring (bicyclic) bond motifs is 2. The van der Waals surface area contributed by atoms with E-state index in [1.807, 2.05) is 17.9 Å². The number of carbonyl (C=O) groups excluding carboxylic acids is 3. The second kappa shape index (κ2) is 7.24. The van der Waals surface area contributed by atoms with Crippen LogP contribution < -0.4 is 5.32 Å². The van der Waals surface area contributed by atoms with Crippen LogP contribution in [-0.4, -0.2) is 66.9 Å². The van der Waals surface area contributed by atoms with E-state index in [2.05, 4.69) is 5.32 Å². The van der Waals surface area contributed by atoms with Crippen LogP contribution in [0.2, 0.25) is 0 Å². The van der Waals surface area contributed by atoms with Gasteiger partial charge in [-0.15, -0.1) is 11.3 Å². The molecule has 0 radical (unpaired) electrons. The lowest BCUT2D eigenvalue weighted by Crippen LogP contribution is -2.49.